The highest BCUT2D eigenvalue weighted by molar-refractivity contribution is 5.93. The summed E-state index contributed by atoms with van der Waals surface area (Å²) in [7, 11) is 0. The van der Waals surface area contributed by atoms with Crippen LogP contribution in [0.25, 0.3) is 11.1 Å². The third-order valence-electron chi connectivity index (χ3n) is 6.72. The standard InChI is InChI=1S/C29H33N5O2/c1-3-36-29-25(17-30)26(31)16-27(33-29)28(35)32-18-21-12-14-34(15-13-21)19-22-8-10-23(11-9-22)24-7-5-4-6-20(24)2/h4-11,16,21H,3,12-15,18-19H2,1-2H3,(H2,31,33)(H,32,35). The number of nitrogen functional groups attached to an aromatic ring is 1. The fraction of sp³-hybridized carbons (Fsp3) is 0.345. The lowest BCUT2D eigenvalue weighted by Gasteiger charge is -2.32. The van der Waals surface area contributed by atoms with Crippen molar-refractivity contribution < 1.29 is 9.53 Å². The number of anilines is 1. The maximum Gasteiger partial charge on any atom is 0.270 e. The van der Waals surface area contributed by atoms with Crippen molar-refractivity contribution in [2.75, 3.05) is 32.0 Å². The predicted molar refractivity (Wildman–Crippen MR) is 141 cm³/mol. The van der Waals surface area contributed by atoms with Crippen LogP contribution in [0, 0.1) is 24.2 Å². The summed E-state index contributed by atoms with van der Waals surface area (Å²) >= 11 is 0. The summed E-state index contributed by atoms with van der Waals surface area (Å²) in [6.07, 6.45) is 2.05. The molecule has 1 fully saturated rings. The molecule has 7 heteroatoms. The van der Waals surface area contributed by atoms with Crippen LogP contribution in [0.3, 0.4) is 0 Å². The Morgan fingerprint density at radius 2 is 1.92 bits per heavy atom. The van der Waals surface area contributed by atoms with E-state index in [0.717, 1.165) is 32.5 Å². The molecule has 3 N–H and O–H groups in total. The van der Waals surface area contributed by atoms with Gasteiger partial charge in [0.05, 0.1) is 12.3 Å². The summed E-state index contributed by atoms with van der Waals surface area (Å²) in [6, 6.07) is 20.7. The highest BCUT2D eigenvalue weighted by atomic mass is 16.5. The first-order valence-corrected chi connectivity index (χ1v) is 12.5. The van der Waals surface area contributed by atoms with Crippen molar-refractivity contribution >= 4 is 11.6 Å². The number of nitriles is 1. The SMILES string of the molecule is CCOc1nc(C(=O)NCC2CCN(Cc3ccc(-c4ccccc4C)cc3)CC2)cc(N)c1C#N. The van der Waals surface area contributed by atoms with Crippen LogP contribution >= 0.6 is 0 Å². The van der Waals surface area contributed by atoms with E-state index in [0.29, 0.717) is 19.1 Å². The Labute approximate surface area is 212 Å². The molecule has 1 aliphatic heterocycles. The molecule has 3 aromatic rings. The van der Waals surface area contributed by atoms with E-state index in [1.165, 1.54) is 28.3 Å². The number of piperidine rings is 1. The average molecular weight is 484 g/mol. The Hall–Kier alpha value is -3.89. The van der Waals surface area contributed by atoms with Crippen LogP contribution in [-0.4, -0.2) is 42.0 Å². The molecule has 0 saturated carbocycles. The second-order valence-electron chi connectivity index (χ2n) is 9.26. The Morgan fingerprint density at radius 3 is 2.58 bits per heavy atom. The van der Waals surface area contributed by atoms with Gasteiger partial charge in [-0.3, -0.25) is 9.69 Å². The zero-order valence-corrected chi connectivity index (χ0v) is 21.0. The molecular formula is C29H33N5O2. The summed E-state index contributed by atoms with van der Waals surface area (Å²) in [5.74, 6) is 0.212. The summed E-state index contributed by atoms with van der Waals surface area (Å²) in [4.78, 5) is 19.3. The topological polar surface area (TPSA) is 104 Å². The lowest BCUT2D eigenvalue weighted by atomic mass is 9.96. The molecule has 2 aromatic carbocycles. The third-order valence-corrected chi connectivity index (χ3v) is 6.72. The molecule has 2 heterocycles. The summed E-state index contributed by atoms with van der Waals surface area (Å²) < 4.78 is 5.39. The van der Waals surface area contributed by atoms with Crippen molar-refractivity contribution in [1.82, 2.24) is 15.2 Å². The second kappa shape index (κ2) is 11.7. The minimum Gasteiger partial charge on any atom is -0.477 e. The maximum absolute atomic E-state index is 12.7. The summed E-state index contributed by atoms with van der Waals surface area (Å²) in [6.45, 7) is 7.78. The van der Waals surface area contributed by atoms with E-state index >= 15 is 0 Å². The first-order chi connectivity index (χ1) is 17.5. The summed E-state index contributed by atoms with van der Waals surface area (Å²) in [5.41, 5.74) is 11.6. The van der Waals surface area contributed by atoms with Crippen LogP contribution < -0.4 is 15.8 Å². The van der Waals surface area contributed by atoms with Crippen LogP contribution in [0.2, 0.25) is 0 Å². The Balaban J connectivity index is 1.26. The van der Waals surface area contributed by atoms with Crippen LogP contribution in [0.15, 0.2) is 54.6 Å². The van der Waals surface area contributed by atoms with E-state index in [1.807, 2.05) is 6.07 Å². The highest BCUT2D eigenvalue weighted by Gasteiger charge is 2.21. The van der Waals surface area contributed by atoms with Crippen LogP contribution in [0.4, 0.5) is 5.69 Å². The molecule has 0 radical (unpaired) electrons. The van der Waals surface area contributed by atoms with Gasteiger partial charge in [-0.2, -0.15) is 5.26 Å². The lowest BCUT2D eigenvalue weighted by molar-refractivity contribution is 0.0929. The number of nitrogens with zero attached hydrogens (tertiary/aromatic N) is 3. The fourth-order valence-corrected chi connectivity index (χ4v) is 4.63. The minimum absolute atomic E-state index is 0.102. The molecule has 0 spiro atoms. The van der Waals surface area contributed by atoms with Gasteiger partial charge in [-0.05, 0) is 74.0 Å². The van der Waals surface area contributed by atoms with Gasteiger partial charge in [-0.25, -0.2) is 4.98 Å². The van der Waals surface area contributed by atoms with Gasteiger partial charge in [0.1, 0.15) is 17.3 Å². The van der Waals surface area contributed by atoms with E-state index in [2.05, 4.69) is 70.7 Å². The van der Waals surface area contributed by atoms with Gasteiger partial charge >= 0.3 is 0 Å². The van der Waals surface area contributed by atoms with Crippen LogP contribution in [0.5, 0.6) is 5.88 Å². The molecule has 7 nitrogen and oxygen atoms in total. The number of amides is 1. The molecule has 36 heavy (non-hydrogen) atoms. The average Bonchev–Trinajstić information content (AvgIpc) is 2.89. The first kappa shape index (κ1) is 25.2. The predicted octanol–water partition coefficient (Wildman–Crippen LogP) is 4.55. The molecule has 0 atom stereocenters. The number of ether oxygens (including phenoxy) is 1. The molecule has 0 bridgehead atoms. The van der Waals surface area contributed by atoms with Crippen molar-refractivity contribution in [2.24, 2.45) is 5.92 Å². The largest absolute Gasteiger partial charge is 0.477 e. The van der Waals surface area contributed by atoms with Crippen molar-refractivity contribution in [3.05, 3.63) is 77.0 Å². The second-order valence-corrected chi connectivity index (χ2v) is 9.26. The quantitative estimate of drug-likeness (QED) is 0.487. The van der Waals surface area contributed by atoms with Crippen LogP contribution in [0.1, 0.15) is 46.9 Å². The molecular weight excluding hydrogens is 450 g/mol. The number of rotatable bonds is 8. The number of hydrogen-bond acceptors (Lipinski definition) is 6. The van der Waals surface area contributed by atoms with Gasteiger partial charge in [0.2, 0.25) is 5.88 Å². The Bertz CT molecular complexity index is 1240. The molecule has 0 aliphatic carbocycles. The molecule has 1 aromatic heterocycles. The number of pyridine rings is 1. The third kappa shape index (κ3) is 6.02. The van der Waals surface area contributed by atoms with Crippen molar-refractivity contribution in [3.8, 4) is 23.1 Å². The van der Waals surface area contributed by atoms with Gasteiger partial charge < -0.3 is 15.8 Å². The fourth-order valence-electron chi connectivity index (χ4n) is 4.63. The van der Waals surface area contributed by atoms with E-state index in [9.17, 15) is 10.1 Å². The van der Waals surface area contributed by atoms with Gasteiger partial charge in [-0.15, -0.1) is 0 Å². The number of carbonyl (C=O) groups is 1. The molecule has 1 amide bonds. The zero-order valence-electron chi connectivity index (χ0n) is 21.0. The normalized spacial score (nSPS) is 14.2. The molecule has 4 rings (SSSR count). The zero-order chi connectivity index (χ0) is 25.5. The first-order valence-electron chi connectivity index (χ1n) is 12.5. The highest BCUT2D eigenvalue weighted by Crippen LogP contribution is 2.25. The number of nitrogens with two attached hydrogens (primary N) is 1. The molecule has 1 aliphatic rings. The smallest absolute Gasteiger partial charge is 0.270 e. The van der Waals surface area contributed by atoms with E-state index in [1.54, 1.807) is 6.92 Å². The number of aryl methyl sites for hydroxylation is 1. The summed E-state index contributed by atoms with van der Waals surface area (Å²) in [5, 5.41) is 12.2. The minimum atomic E-state index is -0.302. The monoisotopic (exact) mass is 483 g/mol. The molecule has 0 unspecified atom stereocenters. The maximum atomic E-state index is 12.7. The Morgan fingerprint density at radius 1 is 1.19 bits per heavy atom. The van der Waals surface area contributed by atoms with Gasteiger partial charge in [0, 0.05) is 13.1 Å². The van der Waals surface area contributed by atoms with Crippen molar-refractivity contribution in [2.45, 2.75) is 33.2 Å². The number of benzene rings is 2. The molecule has 186 valence electrons. The van der Waals surface area contributed by atoms with E-state index in [-0.39, 0.29) is 28.7 Å². The van der Waals surface area contributed by atoms with Gasteiger partial charge in [-0.1, -0.05) is 48.5 Å². The van der Waals surface area contributed by atoms with Crippen LogP contribution in [-0.2, 0) is 6.54 Å². The van der Waals surface area contributed by atoms with E-state index in [4.69, 9.17) is 10.5 Å². The Kier molecular flexibility index (Phi) is 8.19. The lowest BCUT2D eigenvalue weighted by Crippen LogP contribution is -2.38. The number of hydrogen-bond donors (Lipinski definition) is 2. The molecule has 1 saturated heterocycles. The van der Waals surface area contributed by atoms with Crippen molar-refractivity contribution in [3.63, 3.8) is 0 Å². The number of aromatic nitrogens is 1. The number of carbonyl (C=O) groups excluding carboxylic acids is 1. The number of likely N-dealkylation sites (tertiary alicyclic amines) is 1. The van der Waals surface area contributed by atoms with Gasteiger partial charge in [0.15, 0.2) is 0 Å². The van der Waals surface area contributed by atoms with E-state index < -0.39 is 0 Å². The van der Waals surface area contributed by atoms with Gasteiger partial charge in [0.25, 0.3) is 5.91 Å². The number of nitrogens with one attached hydrogen (secondary N) is 1. The van der Waals surface area contributed by atoms with Crippen molar-refractivity contribution in [1.29, 1.82) is 5.26 Å².